The van der Waals surface area contributed by atoms with E-state index in [4.69, 9.17) is 9.84 Å². The number of aliphatic carboxylic acids is 1. The number of ether oxygens (including phenoxy) is 1. The molecule has 0 spiro atoms. The van der Waals surface area contributed by atoms with Gasteiger partial charge in [0, 0.05) is 6.20 Å². The topological polar surface area (TPSA) is 88.5 Å². The molecular formula is C12H16N2O4. The van der Waals surface area contributed by atoms with E-state index in [2.05, 4.69) is 10.3 Å². The molecule has 1 amide bonds. The predicted octanol–water partition coefficient (Wildman–Crippen LogP) is 0.830. The second kappa shape index (κ2) is 6.00. The number of nitrogens with zero attached hydrogens (tertiary/aromatic N) is 1. The van der Waals surface area contributed by atoms with E-state index in [0.717, 1.165) is 0 Å². The number of hydrogen-bond acceptors (Lipinski definition) is 4. The molecule has 0 aromatic carbocycles. The van der Waals surface area contributed by atoms with Gasteiger partial charge in [-0.25, -0.2) is 4.79 Å². The van der Waals surface area contributed by atoms with E-state index in [9.17, 15) is 9.59 Å². The maximum Gasteiger partial charge on any atom is 0.328 e. The molecule has 18 heavy (non-hydrogen) atoms. The fourth-order valence-electron chi connectivity index (χ4n) is 1.16. The monoisotopic (exact) mass is 252 g/mol. The maximum absolute atomic E-state index is 11.5. The van der Waals surface area contributed by atoms with Crippen LogP contribution in [0, 0.1) is 0 Å². The van der Waals surface area contributed by atoms with Crippen LogP contribution in [0.15, 0.2) is 24.5 Å². The van der Waals surface area contributed by atoms with Gasteiger partial charge in [-0.05, 0) is 26.0 Å². The highest BCUT2D eigenvalue weighted by Crippen LogP contribution is 2.07. The van der Waals surface area contributed by atoms with Crippen molar-refractivity contribution in [3.05, 3.63) is 24.5 Å². The van der Waals surface area contributed by atoms with Crippen molar-refractivity contribution in [2.75, 3.05) is 6.61 Å². The number of carbonyl (C=O) groups is 2. The van der Waals surface area contributed by atoms with E-state index in [1.807, 2.05) is 0 Å². The van der Waals surface area contributed by atoms with Crippen LogP contribution in [-0.2, 0) is 9.59 Å². The highest BCUT2D eigenvalue weighted by Gasteiger charge is 2.28. The zero-order valence-electron chi connectivity index (χ0n) is 10.3. The van der Waals surface area contributed by atoms with Crippen LogP contribution in [0.4, 0.5) is 0 Å². The molecule has 0 fully saturated rings. The highest BCUT2D eigenvalue weighted by molar-refractivity contribution is 5.86. The number of amides is 1. The smallest absolute Gasteiger partial charge is 0.328 e. The number of aromatic nitrogens is 1. The Kier molecular flexibility index (Phi) is 4.65. The number of rotatable bonds is 6. The summed E-state index contributed by atoms with van der Waals surface area (Å²) in [6, 6.07) is 3.45. The average molecular weight is 252 g/mol. The Morgan fingerprint density at radius 1 is 1.50 bits per heavy atom. The summed E-state index contributed by atoms with van der Waals surface area (Å²) in [5, 5.41) is 11.2. The summed E-state index contributed by atoms with van der Waals surface area (Å²) in [6.45, 7) is 3.03. The fourth-order valence-corrected chi connectivity index (χ4v) is 1.16. The molecule has 0 unspecified atom stereocenters. The number of pyridine rings is 1. The Balaban J connectivity index is 2.32. The molecule has 0 aliphatic carbocycles. The minimum absolute atomic E-state index is 0.0889. The lowest BCUT2D eigenvalue weighted by molar-refractivity contribution is -0.146. The Morgan fingerprint density at radius 2 is 2.22 bits per heavy atom. The molecule has 0 aliphatic rings. The number of hydrogen-bond donors (Lipinski definition) is 2. The Labute approximate surface area is 105 Å². The van der Waals surface area contributed by atoms with Gasteiger partial charge < -0.3 is 15.2 Å². The van der Waals surface area contributed by atoms with Gasteiger partial charge in [0.25, 0.3) is 0 Å². The largest absolute Gasteiger partial charge is 0.491 e. The Bertz CT molecular complexity index is 417. The summed E-state index contributed by atoms with van der Waals surface area (Å²) in [4.78, 5) is 26.1. The molecule has 1 rings (SSSR count). The molecule has 1 aromatic rings. The minimum Gasteiger partial charge on any atom is -0.491 e. The molecule has 1 aromatic heterocycles. The molecular weight excluding hydrogens is 236 g/mol. The maximum atomic E-state index is 11.5. The molecule has 6 heteroatoms. The van der Waals surface area contributed by atoms with Crippen molar-refractivity contribution in [3.63, 3.8) is 0 Å². The van der Waals surface area contributed by atoms with Gasteiger partial charge in [-0.3, -0.25) is 9.78 Å². The number of nitrogens with one attached hydrogen (secondary N) is 1. The van der Waals surface area contributed by atoms with Gasteiger partial charge in [0.1, 0.15) is 11.3 Å². The average Bonchev–Trinajstić information content (AvgIpc) is 2.29. The molecule has 0 bridgehead atoms. The van der Waals surface area contributed by atoms with Crippen molar-refractivity contribution in [2.24, 2.45) is 0 Å². The van der Waals surface area contributed by atoms with Crippen molar-refractivity contribution in [1.82, 2.24) is 10.3 Å². The SMILES string of the molecule is CC(C)(NC(=O)CCOc1cccnc1)C(=O)O. The minimum atomic E-state index is -1.27. The number of carbonyl (C=O) groups excluding carboxylic acids is 1. The standard InChI is InChI=1S/C12H16N2O4/c1-12(2,11(16)17)14-10(15)5-7-18-9-4-3-6-13-8-9/h3-4,6,8H,5,7H2,1-2H3,(H,14,15)(H,16,17). The summed E-state index contributed by atoms with van der Waals surface area (Å²) in [6.07, 6.45) is 3.25. The lowest BCUT2D eigenvalue weighted by atomic mass is 10.1. The van der Waals surface area contributed by atoms with Crippen molar-refractivity contribution in [3.8, 4) is 5.75 Å². The van der Waals surface area contributed by atoms with E-state index in [1.54, 1.807) is 24.5 Å². The van der Waals surface area contributed by atoms with Crippen molar-refractivity contribution in [1.29, 1.82) is 0 Å². The van der Waals surface area contributed by atoms with Gasteiger partial charge in [-0.15, -0.1) is 0 Å². The van der Waals surface area contributed by atoms with Crippen LogP contribution < -0.4 is 10.1 Å². The zero-order chi connectivity index (χ0) is 13.6. The normalized spacial score (nSPS) is 10.8. The first-order chi connectivity index (χ1) is 8.42. The second-order valence-corrected chi connectivity index (χ2v) is 4.27. The van der Waals surface area contributed by atoms with E-state index in [-0.39, 0.29) is 18.9 Å². The van der Waals surface area contributed by atoms with Gasteiger partial charge in [-0.2, -0.15) is 0 Å². The van der Waals surface area contributed by atoms with Crippen LogP contribution in [0.25, 0.3) is 0 Å². The summed E-state index contributed by atoms with van der Waals surface area (Å²) in [7, 11) is 0. The van der Waals surface area contributed by atoms with Gasteiger partial charge in [0.05, 0.1) is 19.2 Å². The summed E-state index contributed by atoms with van der Waals surface area (Å²) in [5.41, 5.74) is -1.27. The first kappa shape index (κ1) is 14.0. The van der Waals surface area contributed by atoms with Crippen LogP contribution in [0.3, 0.4) is 0 Å². The first-order valence-corrected chi connectivity index (χ1v) is 5.49. The molecule has 0 radical (unpaired) electrons. The van der Waals surface area contributed by atoms with Crippen LogP contribution in [0.1, 0.15) is 20.3 Å². The van der Waals surface area contributed by atoms with Crippen LogP contribution in [-0.4, -0.2) is 34.1 Å². The summed E-state index contributed by atoms with van der Waals surface area (Å²) in [5.74, 6) is -0.877. The number of carboxylic acids is 1. The first-order valence-electron chi connectivity index (χ1n) is 5.49. The zero-order valence-corrected chi connectivity index (χ0v) is 10.3. The van der Waals surface area contributed by atoms with Crippen LogP contribution in [0.5, 0.6) is 5.75 Å². The van der Waals surface area contributed by atoms with Gasteiger partial charge in [0.15, 0.2) is 0 Å². The van der Waals surface area contributed by atoms with E-state index >= 15 is 0 Å². The van der Waals surface area contributed by atoms with Gasteiger partial charge in [0.2, 0.25) is 5.91 Å². The lowest BCUT2D eigenvalue weighted by Gasteiger charge is -2.20. The Hall–Kier alpha value is -2.11. The van der Waals surface area contributed by atoms with Crippen LogP contribution in [0.2, 0.25) is 0 Å². The summed E-state index contributed by atoms with van der Waals surface area (Å²) < 4.78 is 5.28. The molecule has 0 saturated heterocycles. The van der Waals surface area contributed by atoms with Crippen molar-refractivity contribution in [2.45, 2.75) is 25.8 Å². The van der Waals surface area contributed by atoms with Crippen molar-refractivity contribution < 1.29 is 19.4 Å². The Morgan fingerprint density at radius 3 is 2.78 bits per heavy atom. The quantitative estimate of drug-likeness (QED) is 0.782. The third kappa shape index (κ3) is 4.40. The molecule has 0 saturated carbocycles. The highest BCUT2D eigenvalue weighted by atomic mass is 16.5. The third-order valence-electron chi connectivity index (χ3n) is 2.22. The van der Waals surface area contributed by atoms with Crippen LogP contribution >= 0.6 is 0 Å². The van der Waals surface area contributed by atoms with Gasteiger partial charge >= 0.3 is 5.97 Å². The summed E-state index contributed by atoms with van der Waals surface area (Å²) >= 11 is 0. The van der Waals surface area contributed by atoms with Gasteiger partial charge in [-0.1, -0.05) is 0 Å². The molecule has 1 heterocycles. The molecule has 0 aliphatic heterocycles. The van der Waals surface area contributed by atoms with Crippen molar-refractivity contribution >= 4 is 11.9 Å². The molecule has 0 atom stereocenters. The third-order valence-corrected chi connectivity index (χ3v) is 2.22. The van der Waals surface area contributed by atoms with E-state index in [1.165, 1.54) is 13.8 Å². The lowest BCUT2D eigenvalue weighted by Crippen LogP contribution is -2.49. The number of carboxylic acid groups (broad SMARTS) is 1. The molecule has 6 nitrogen and oxygen atoms in total. The fraction of sp³-hybridized carbons (Fsp3) is 0.417. The van der Waals surface area contributed by atoms with E-state index < -0.39 is 11.5 Å². The molecule has 98 valence electrons. The second-order valence-electron chi connectivity index (χ2n) is 4.27. The predicted molar refractivity (Wildman–Crippen MR) is 64.2 cm³/mol. The van der Waals surface area contributed by atoms with E-state index in [0.29, 0.717) is 5.75 Å². The molecule has 2 N–H and O–H groups in total.